The van der Waals surface area contributed by atoms with Crippen LogP contribution in [-0.4, -0.2) is 48.2 Å². The van der Waals surface area contributed by atoms with Crippen LogP contribution in [0.3, 0.4) is 0 Å². The Balaban J connectivity index is 1.58. The molecule has 1 atom stereocenters. The van der Waals surface area contributed by atoms with Crippen molar-refractivity contribution in [3.05, 3.63) is 54.1 Å². The molecule has 0 aromatic heterocycles. The lowest BCUT2D eigenvalue weighted by atomic mass is 9.93. The van der Waals surface area contributed by atoms with Crippen molar-refractivity contribution < 1.29 is 19.1 Å². The zero-order chi connectivity index (χ0) is 21.7. The fourth-order valence-electron chi connectivity index (χ4n) is 3.27. The molecule has 2 N–H and O–H groups in total. The first kappa shape index (κ1) is 21.7. The number of methoxy groups -OCH3 is 1. The summed E-state index contributed by atoms with van der Waals surface area (Å²) in [6, 6.07) is 14.4. The van der Waals surface area contributed by atoms with Gasteiger partial charge in [0.15, 0.2) is 0 Å². The number of carbonyl (C=O) groups is 3. The molecule has 0 aliphatic carbocycles. The molecule has 0 spiro atoms. The van der Waals surface area contributed by atoms with Crippen molar-refractivity contribution in [1.82, 2.24) is 10.2 Å². The number of hydrogen-bond acceptors (Lipinski definition) is 5. The van der Waals surface area contributed by atoms with E-state index >= 15 is 0 Å². The van der Waals surface area contributed by atoms with E-state index in [0.29, 0.717) is 18.5 Å². The molecule has 1 saturated heterocycles. The van der Waals surface area contributed by atoms with Gasteiger partial charge in [0.25, 0.3) is 5.91 Å². The Labute approximate surface area is 180 Å². The van der Waals surface area contributed by atoms with Crippen molar-refractivity contribution in [1.29, 1.82) is 0 Å². The number of urea groups is 1. The van der Waals surface area contributed by atoms with Gasteiger partial charge in [0.2, 0.25) is 5.91 Å². The van der Waals surface area contributed by atoms with Gasteiger partial charge in [-0.1, -0.05) is 12.1 Å². The number of nitrogens with zero attached hydrogens (tertiary/aromatic N) is 1. The molecular weight excluding hydrogens is 402 g/mol. The lowest BCUT2D eigenvalue weighted by molar-refractivity contribution is -0.133. The molecule has 1 aliphatic heterocycles. The molecule has 2 aromatic rings. The number of anilines is 1. The third-order valence-electron chi connectivity index (χ3n) is 5.09. The van der Waals surface area contributed by atoms with Crippen LogP contribution >= 0.6 is 11.8 Å². The molecule has 158 valence electrons. The minimum atomic E-state index is -1.04. The van der Waals surface area contributed by atoms with Gasteiger partial charge < -0.3 is 15.4 Å². The Morgan fingerprint density at radius 1 is 1.13 bits per heavy atom. The maximum absolute atomic E-state index is 12.9. The van der Waals surface area contributed by atoms with Crippen LogP contribution < -0.4 is 15.4 Å². The zero-order valence-electron chi connectivity index (χ0n) is 17.2. The molecule has 4 amide bonds. The quantitative estimate of drug-likeness (QED) is 0.499. The van der Waals surface area contributed by atoms with Crippen LogP contribution in [-0.2, 0) is 16.0 Å². The number of thioether (sulfide) groups is 1. The molecule has 2 aromatic carbocycles. The Morgan fingerprint density at radius 2 is 1.80 bits per heavy atom. The molecule has 7 nitrogen and oxygen atoms in total. The Morgan fingerprint density at radius 3 is 2.40 bits per heavy atom. The van der Waals surface area contributed by atoms with Crippen LogP contribution in [0.2, 0.25) is 0 Å². The minimum absolute atomic E-state index is 0.326. The highest BCUT2D eigenvalue weighted by Gasteiger charge is 2.47. The highest BCUT2D eigenvalue weighted by molar-refractivity contribution is 7.98. The maximum atomic E-state index is 12.9. The van der Waals surface area contributed by atoms with Gasteiger partial charge in [-0.2, -0.15) is 0 Å². The van der Waals surface area contributed by atoms with Gasteiger partial charge >= 0.3 is 6.03 Å². The summed E-state index contributed by atoms with van der Waals surface area (Å²) in [6.45, 7) is 1.36. The fourth-order valence-corrected chi connectivity index (χ4v) is 3.67. The average Bonchev–Trinajstić information content (AvgIpc) is 2.96. The fraction of sp³-hybridized carbons (Fsp3) is 0.318. The second-order valence-corrected chi connectivity index (χ2v) is 8.16. The standard InChI is InChI=1S/C22H25N3O4S/c1-22(13-12-15-4-8-17(29-2)9-5-15)20(27)25(21(28)24-22)14-19(26)23-16-6-10-18(30-3)11-7-16/h4-11H,12-14H2,1-3H3,(H,23,26)(H,24,28). The van der Waals surface area contributed by atoms with Gasteiger partial charge in [-0.3, -0.25) is 14.5 Å². The minimum Gasteiger partial charge on any atom is -0.497 e. The summed E-state index contributed by atoms with van der Waals surface area (Å²) in [5, 5.41) is 5.46. The number of benzene rings is 2. The second kappa shape index (κ2) is 9.21. The number of amides is 4. The highest BCUT2D eigenvalue weighted by Crippen LogP contribution is 2.24. The lowest BCUT2D eigenvalue weighted by Gasteiger charge is -2.21. The van der Waals surface area contributed by atoms with Gasteiger partial charge in [0.05, 0.1) is 7.11 Å². The van der Waals surface area contributed by atoms with Crippen LogP contribution in [0.4, 0.5) is 10.5 Å². The smallest absolute Gasteiger partial charge is 0.325 e. The van der Waals surface area contributed by atoms with Gasteiger partial charge in [-0.05, 0) is 68.0 Å². The van der Waals surface area contributed by atoms with Crippen molar-refractivity contribution in [2.45, 2.75) is 30.2 Å². The van der Waals surface area contributed by atoms with Crippen molar-refractivity contribution in [2.24, 2.45) is 0 Å². The SMILES string of the molecule is COc1ccc(CCC2(C)NC(=O)N(CC(=O)Nc3ccc(SC)cc3)C2=O)cc1. The number of rotatable bonds is 8. The largest absolute Gasteiger partial charge is 0.497 e. The van der Waals surface area contributed by atoms with Crippen molar-refractivity contribution in [3.8, 4) is 5.75 Å². The van der Waals surface area contributed by atoms with E-state index in [0.717, 1.165) is 21.1 Å². The molecule has 8 heteroatoms. The molecule has 30 heavy (non-hydrogen) atoms. The van der Waals surface area contributed by atoms with Gasteiger partial charge in [0.1, 0.15) is 17.8 Å². The van der Waals surface area contributed by atoms with E-state index in [1.54, 1.807) is 37.9 Å². The zero-order valence-corrected chi connectivity index (χ0v) is 18.0. The monoisotopic (exact) mass is 427 g/mol. The normalized spacial score (nSPS) is 18.3. The third-order valence-corrected chi connectivity index (χ3v) is 5.84. The van der Waals surface area contributed by atoms with Crippen LogP contribution in [0, 0.1) is 0 Å². The molecule has 1 heterocycles. The number of carbonyl (C=O) groups excluding carboxylic acids is 3. The summed E-state index contributed by atoms with van der Waals surface area (Å²) in [5.41, 5.74) is 0.605. The van der Waals surface area contributed by atoms with E-state index < -0.39 is 23.4 Å². The average molecular weight is 428 g/mol. The van der Waals surface area contributed by atoms with E-state index in [9.17, 15) is 14.4 Å². The summed E-state index contributed by atoms with van der Waals surface area (Å²) in [5.74, 6) is -0.0563. The Bertz CT molecular complexity index is 930. The summed E-state index contributed by atoms with van der Waals surface area (Å²) in [4.78, 5) is 39.6. The van der Waals surface area contributed by atoms with Crippen LogP contribution in [0.25, 0.3) is 0 Å². The van der Waals surface area contributed by atoms with Crippen LogP contribution in [0.5, 0.6) is 5.75 Å². The first-order valence-corrected chi connectivity index (χ1v) is 10.8. The van der Waals surface area contributed by atoms with Crippen molar-refractivity contribution >= 4 is 35.3 Å². The van der Waals surface area contributed by atoms with E-state index in [1.807, 2.05) is 42.7 Å². The molecule has 0 bridgehead atoms. The Kier molecular flexibility index (Phi) is 6.66. The summed E-state index contributed by atoms with van der Waals surface area (Å²) >= 11 is 1.60. The first-order valence-electron chi connectivity index (χ1n) is 9.55. The third kappa shape index (κ3) is 4.94. The molecular formula is C22H25N3O4S. The molecule has 0 radical (unpaired) electrons. The number of imide groups is 1. The number of ether oxygens (including phenoxy) is 1. The summed E-state index contributed by atoms with van der Waals surface area (Å²) in [6.07, 6.45) is 3.00. The Hall–Kier alpha value is -3.00. The van der Waals surface area contributed by atoms with Crippen LogP contribution in [0.1, 0.15) is 18.9 Å². The van der Waals surface area contributed by atoms with E-state index in [-0.39, 0.29) is 6.54 Å². The van der Waals surface area contributed by atoms with E-state index in [2.05, 4.69) is 10.6 Å². The molecule has 0 saturated carbocycles. The first-order chi connectivity index (χ1) is 14.3. The highest BCUT2D eigenvalue weighted by atomic mass is 32.2. The lowest BCUT2D eigenvalue weighted by Crippen LogP contribution is -2.45. The van der Waals surface area contributed by atoms with Gasteiger partial charge in [0, 0.05) is 10.6 Å². The molecule has 3 rings (SSSR count). The number of hydrogen-bond donors (Lipinski definition) is 2. The summed E-state index contributed by atoms with van der Waals surface area (Å²) < 4.78 is 5.15. The van der Waals surface area contributed by atoms with Crippen molar-refractivity contribution in [3.63, 3.8) is 0 Å². The van der Waals surface area contributed by atoms with Crippen molar-refractivity contribution in [2.75, 3.05) is 25.2 Å². The molecule has 1 aliphatic rings. The predicted octanol–water partition coefficient (Wildman–Crippen LogP) is 3.30. The topological polar surface area (TPSA) is 87.7 Å². The predicted molar refractivity (Wildman–Crippen MR) is 117 cm³/mol. The maximum Gasteiger partial charge on any atom is 0.325 e. The number of aryl methyl sites for hydroxylation is 1. The summed E-state index contributed by atoms with van der Waals surface area (Å²) in [7, 11) is 1.60. The molecule has 1 unspecified atom stereocenters. The van der Waals surface area contributed by atoms with Crippen LogP contribution in [0.15, 0.2) is 53.4 Å². The van der Waals surface area contributed by atoms with E-state index in [1.165, 1.54) is 0 Å². The van der Waals surface area contributed by atoms with Gasteiger partial charge in [-0.25, -0.2) is 4.79 Å². The molecule has 1 fully saturated rings. The number of nitrogens with one attached hydrogen (secondary N) is 2. The van der Waals surface area contributed by atoms with Gasteiger partial charge in [-0.15, -0.1) is 11.8 Å². The van der Waals surface area contributed by atoms with E-state index in [4.69, 9.17) is 4.74 Å². The second-order valence-electron chi connectivity index (χ2n) is 7.28.